The molecule has 3 aromatic rings. The molecule has 154 valence electrons. The van der Waals surface area contributed by atoms with Gasteiger partial charge < -0.3 is 15.1 Å². The van der Waals surface area contributed by atoms with Crippen molar-refractivity contribution in [3.05, 3.63) is 71.2 Å². The highest BCUT2D eigenvalue weighted by atomic mass is 35.5. The Balaban J connectivity index is 1.36. The zero-order valence-electron chi connectivity index (χ0n) is 16.9. The lowest BCUT2D eigenvalue weighted by atomic mass is 10.1. The molecule has 0 spiro atoms. The summed E-state index contributed by atoms with van der Waals surface area (Å²) in [5.41, 5.74) is 3.46. The monoisotopic (exact) mass is 422 g/mol. The van der Waals surface area contributed by atoms with Crippen molar-refractivity contribution in [2.24, 2.45) is 0 Å². The Kier molecular flexibility index (Phi) is 6.26. The first-order valence-electron chi connectivity index (χ1n) is 10.1. The Morgan fingerprint density at radius 2 is 1.70 bits per heavy atom. The molecule has 0 atom stereocenters. The number of rotatable bonds is 5. The summed E-state index contributed by atoms with van der Waals surface area (Å²) in [6.45, 7) is 4.25. The summed E-state index contributed by atoms with van der Waals surface area (Å²) in [6, 6.07) is 19.0. The van der Waals surface area contributed by atoms with Gasteiger partial charge in [0.25, 0.3) is 0 Å². The topological polar surface area (TPSA) is 62.6 Å². The molecule has 1 aliphatic heterocycles. The zero-order chi connectivity index (χ0) is 20.9. The van der Waals surface area contributed by atoms with E-state index in [1.54, 1.807) is 17.0 Å². The molecule has 0 bridgehead atoms. The fraction of sp³-hybridized carbons (Fsp3) is 0.261. The molecule has 1 aliphatic rings. The van der Waals surface area contributed by atoms with Crippen LogP contribution in [0.1, 0.15) is 5.56 Å². The Morgan fingerprint density at radius 3 is 2.33 bits per heavy atom. The van der Waals surface area contributed by atoms with Gasteiger partial charge in [0, 0.05) is 16.3 Å². The molecule has 2 N–H and O–H groups in total. The molecule has 1 amide bonds. The molecule has 30 heavy (non-hydrogen) atoms. The maximum atomic E-state index is 12.3. The minimum absolute atomic E-state index is 0.0665. The van der Waals surface area contributed by atoms with Crippen LogP contribution in [0.15, 0.2) is 60.7 Å². The molecule has 4 rings (SSSR count). The van der Waals surface area contributed by atoms with Gasteiger partial charge in [-0.05, 0) is 42.0 Å². The van der Waals surface area contributed by atoms with E-state index in [0.717, 1.165) is 54.5 Å². The predicted molar refractivity (Wildman–Crippen MR) is 120 cm³/mol. The number of likely N-dealkylation sites (N-methyl/N-ethyl adjacent to an activating group) is 1. The minimum atomic E-state index is -0.0665. The Bertz CT molecular complexity index is 982. The van der Waals surface area contributed by atoms with Crippen LogP contribution in [0.5, 0.6) is 0 Å². The van der Waals surface area contributed by atoms with Crippen LogP contribution in [0, 0.1) is 0 Å². The summed E-state index contributed by atoms with van der Waals surface area (Å²) in [4.78, 5) is 16.1. The Morgan fingerprint density at radius 1 is 1.00 bits per heavy atom. The summed E-state index contributed by atoms with van der Waals surface area (Å²) in [5.74, 6) is 0.862. The second kappa shape index (κ2) is 9.24. The molecule has 1 aromatic heterocycles. The molecule has 0 saturated carbocycles. The van der Waals surface area contributed by atoms with Crippen molar-refractivity contribution in [3.8, 4) is 11.3 Å². The van der Waals surface area contributed by atoms with Gasteiger partial charge in [0.05, 0.1) is 45.3 Å². The maximum Gasteiger partial charge on any atom is 0.228 e. The van der Waals surface area contributed by atoms with Gasteiger partial charge in [-0.2, -0.15) is 0 Å². The lowest BCUT2D eigenvalue weighted by Crippen LogP contribution is -3.12. The number of nitrogens with one attached hydrogen (secondary N) is 2. The first kappa shape index (κ1) is 20.3. The highest BCUT2D eigenvalue weighted by Gasteiger charge is 2.18. The standard InChI is InChI=1S/C23H24ClN5O/c1-28-12-14-29(15-13-28)22-11-10-21(26-27-22)18-4-8-20(9-5-18)25-23(30)16-17-2-6-19(24)7-3-17/h2-11H,12-16H2,1H3,(H,25,30)/p+1. The lowest BCUT2D eigenvalue weighted by molar-refractivity contribution is -0.880. The smallest absolute Gasteiger partial charge is 0.228 e. The van der Waals surface area contributed by atoms with Gasteiger partial charge in [0.15, 0.2) is 5.82 Å². The van der Waals surface area contributed by atoms with Crippen molar-refractivity contribution in [2.45, 2.75) is 6.42 Å². The van der Waals surface area contributed by atoms with Crippen molar-refractivity contribution in [3.63, 3.8) is 0 Å². The molecule has 0 radical (unpaired) electrons. The molecule has 2 heterocycles. The number of benzene rings is 2. The third kappa shape index (κ3) is 5.14. The van der Waals surface area contributed by atoms with E-state index in [9.17, 15) is 4.79 Å². The van der Waals surface area contributed by atoms with E-state index in [2.05, 4.69) is 27.5 Å². The van der Waals surface area contributed by atoms with Crippen LogP contribution in [-0.2, 0) is 11.2 Å². The van der Waals surface area contributed by atoms with E-state index in [0.29, 0.717) is 11.4 Å². The second-order valence-corrected chi connectivity index (χ2v) is 8.09. The number of nitrogens with zero attached hydrogens (tertiary/aromatic N) is 3. The first-order chi connectivity index (χ1) is 14.6. The fourth-order valence-electron chi connectivity index (χ4n) is 3.48. The SMILES string of the molecule is C[NH+]1CCN(c2ccc(-c3ccc(NC(=O)Cc4ccc(Cl)cc4)cc3)nn2)CC1. The largest absolute Gasteiger partial charge is 0.344 e. The Hall–Kier alpha value is -2.96. The highest BCUT2D eigenvalue weighted by molar-refractivity contribution is 6.30. The summed E-state index contributed by atoms with van der Waals surface area (Å²) in [5, 5.41) is 12.4. The summed E-state index contributed by atoms with van der Waals surface area (Å²) in [7, 11) is 2.22. The summed E-state index contributed by atoms with van der Waals surface area (Å²) >= 11 is 5.88. The normalized spacial score (nSPS) is 14.5. The van der Waals surface area contributed by atoms with Gasteiger partial charge in [-0.3, -0.25) is 4.79 Å². The molecule has 0 aliphatic carbocycles. The van der Waals surface area contributed by atoms with E-state index in [4.69, 9.17) is 11.6 Å². The van der Waals surface area contributed by atoms with Crippen molar-refractivity contribution < 1.29 is 9.69 Å². The van der Waals surface area contributed by atoms with Crippen molar-refractivity contribution in [2.75, 3.05) is 43.4 Å². The fourth-order valence-corrected chi connectivity index (χ4v) is 3.61. The average Bonchev–Trinajstić information content (AvgIpc) is 2.77. The van der Waals surface area contributed by atoms with E-state index >= 15 is 0 Å². The van der Waals surface area contributed by atoms with Crippen LogP contribution in [-0.4, -0.2) is 49.3 Å². The van der Waals surface area contributed by atoms with Gasteiger partial charge in [-0.15, -0.1) is 10.2 Å². The number of amides is 1. The number of carbonyl (C=O) groups is 1. The highest BCUT2D eigenvalue weighted by Crippen LogP contribution is 2.21. The molecule has 6 nitrogen and oxygen atoms in total. The molecule has 1 fully saturated rings. The second-order valence-electron chi connectivity index (χ2n) is 7.65. The molecular formula is C23H25ClN5O+. The quantitative estimate of drug-likeness (QED) is 0.662. The summed E-state index contributed by atoms with van der Waals surface area (Å²) in [6.07, 6.45) is 0.305. The van der Waals surface area contributed by atoms with Gasteiger partial charge in [0.1, 0.15) is 0 Å². The van der Waals surface area contributed by atoms with E-state index in [1.807, 2.05) is 48.5 Å². The molecule has 1 saturated heterocycles. The van der Waals surface area contributed by atoms with Gasteiger partial charge in [-0.25, -0.2) is 0 Å². The third-order valence-electron chi connectivity index (χ3n) is 5.33. The minimum Gasteiger partial charge on any atom is -0.344 e. The molecular weight excluding hydrogens is 398 g/mol. The molecule has 7 heteroatoms. The van der Waals surface area contributed by atoms with Crippen LogP contribution < -0.4 is 15.1 Å². The predicted octanol–water partition coefficient (Wildman–Crippen LogP) is 2.31. The number of aromatic nitrogens is 2. The number of piperazine rings is 1. The zero-order valence-corrected chi connectivity index (χ0v) is 17.7. The first-order valence-corrected chi connectivity index (χ1v) is 10.5. The molecule has 2 aromatic carbocycles. The van der Waals surface area contributed by atoms with Crippen LogP contribution in [0.2, 0.25) is 5.02 Å². The maximum absolute atomic E-state index is 12.3. The number of anilines is 2. The number of quaternary nitrogens is 1. The van der Waals surface area contributed by atoms with Gasteiger partial charge >= 0.3 is 0 Å². The van der Waals surface area contributed by atoms with Crippen LogP contribution in [0.4, 0.5) is 11.5 Å². The van der Waals surface area contributed by atoms with Crippen LogP contribution >= 0.6 is 11.6 Å². The van der Waals surface area contributed by atoms with Crippen LogP contribution in [0.25, 0.3) is 11.3 Å². The number of hydrogen-bond acceptors (Lipinski definition) is 4. The lowest BCUT2D eigenvalue weighted by Gasteiger charge is -2.30. The van der Waals surface area contributed by atoms with E-state index in [1.165, 1.54) is 0 Å². The summed E-state index contributed by atoms with van der Waals surface area (Å²) < 4.78 is 0. The van der Waals surface area contributed by atoms with Crippen LogP contribution in [0.3, 0.4) is 0 Å². The van der Waals surface area contributed by atoms with Gasteiger partial charge in [0.2, 0.25) is 5.91 Å². The van der Waals surface area contributed by atoms with E-state index in [-0.39, 0.29) is 5.91 Å². The van der Waals surface area contributed by atoms with Crippen molar-refractivity contribution in [1.29, 1.82) is 0 Å². The number of halogens is 1. The van der Waals surface area contributed by atoms with Gasteiger partial charge in [-0.1, -0.05) is 35.9 Å². The average molecular weight is 423 g/mol. The van der Waals surface area contributed by atoms with E-state index < -0.39 is 0 Å². The molecule has 0 unspecified atom stereocenters. The van der Waals surface area contributed by atoms with Crippen molar-refractivity contribution in [1.82, 2.24) is 10.2 Å². The van der Waals surface area contributed by atoms with Crippen molar-refractivity contribution >= 4 is 29.0 Å². The Labute approximate surface area is 181 Å². The number of carbonyl (C=O) groups excluding carboxylic acids is 1. The third-order valence-corrected chi connectivity index (χ3v) is 5.59. The number of hydrogen-bond donors (Lipinski definition) is 2.